The number of amides is 1. The number of fused-ring (bicyclic) bond motifs is 1. The van der Waals surface area contributed by atoms with Gasteiger partial charge in [-0.25, -0.2) is 8.42 Å². The molecule has 2 aromatic rings. The molecule has 0 aromatic heterocycles. The second-order valence-corrected chi connectivity index (χ2v) is 6.01. The summed E-state index contributed by atoms with van der Waals surface area (Å²) in [4.78, 5) is 11.1. The molecule has 2 aromatic carbocycles. The molecule has 0 fully saturated rings. The zero-order valence-corrected chi connectivity index (χ0v) is 11.4. The number of hydrogen-bond acceptors (Lipinski definition) is 3. The van der Waals surface area contributed by atoms with Crippen LogP contribution in [-0.4, -0.2) is 20.6 Å². The second-order valence-electron chi connectivity index (χ2n) is 4.26. The van der Waals surface area contributed by atoms with Gasteiger partial charge in [0.25, 0.3) is 0 Å². The molecule has 0 heterocycles. The average molecular weight is 278 g/mol. The summed E-state index contributed by atoms with van der Waals surface area (Å²) in [6, 6.07) is 10.6. The smallest absolute Gasteiger partial charge is 0.229 e. The highest BCUT2D eigenvalue weighted by molar-refractivity contribution is 7.92. The van der Waals surface area contributed by atoms with Gasteiger partial charge >= 0.3 is 0 Å². The lowest BCUT2D eigenvalue weighted by Gasteiger charge is -2.11. The maximum absolute atomic E-state index is 11.3. The largest absolute Gasteiger partial charge is 0.326 e. The molecule has 19 heavy (non-hydrogen) atoms. The minimum absolute atomic E-state index is 0.172. The third-order valence-electron chi connectivity index (χ3n) is 2.53. The first-order chi connectivity index (χ1) is 8.87. The van der Waals surface area contributed by atoms with E-state index < -0.39 is 10.0 Å². The lowest BCUT2D eigenvalue weighted by Crippen LogP contribution is -2.10. The van der Waals surface area contributed by atoms with Gasteiger partial charge in [0.15, 0.2) is 0 Å². The molecular formula is C13H14N2O3S. The number of carbonyl (C=O) groups is 1. The third kappa shape index (κ3) is 3.23. The Hall–Kier alpha value is -2.08. The predicted molar refractivity (Wildman–Crippen MR) is 76.7 cm³/mol. The molecule has 0 aliphatic carbocycles. The van der Waals surface area contributed by atoms with Crippen LogP contribution in [0.4, 0.5) is 11.4 Å². The van der Waals surface area contributed by atoms with Crippen LogP contribution in [0.25, 0.3) is 10.8 Å². The molecule has 0 radical (unpaired) electrons. The Morgan fingerprint density at radius 3 is 2.05 bits per heavy atom. The SMILES string of the molecule is CC(=O)Nc1cccc2c(NS(C)(=O)=O)cccc12. The normalized spacial score (nSPS) is 11.3. The zero-order valence-electron chi connectivity index (χ0n) is 10.6. The van der Waals surface area contributed by atoms with Crippen molar-refractivity contribution in [2.45, 2.75) is 6.92 Å². The summed E-state index contributed by atoms with van der Waals surface area (Å²) in [5, 5.41) is 4.24. The fourth-order valence-electron chi connectivity index (χ4n) is 1.90. The molecule has 0 spiro atoms. The highest BCUT2D eigenvalue weighted by atomic mass is 32.2. The Bertz CT molecular complexity index is 739. The number of anilines is 2. The lowest BCUT2D eigenvalue weighted by molar-refractivity contribution is -0.114. The highest BCUT2D eigenvalue weighted by Gasteiger charge is 2.08. The zero-order chi connectivity index (χ0) is 14.0. The lowest BCUT2D eigenvalue weighted by atomic mass is 10.1. The van der Waals surface area contributed by atoms with Crippen molar-refractivity contribution in [1.82, 2.24) is 0 Å². The van der Waals surface area contributed by atoms with E-state index in [1.807, 2.05) is 6.07 Å². The summed E-state index contributed by atoms with van der Waals surface area (Å²) < 4.78 is 25.1. The van der Waals surface area contributed by atoms with Crippen LogP contribution in [0.5, 0.6) is 0 Å². The number of rotatable bonds is 3. The molecule has 0 saturated carbocycles. The number of hydrogen-bond donors (Lipinski definition) is 2. The van der Waals surface area contributed by atoms with E-state index in [0.29, 0.717) is 11.4 Å². The van der Waals surface area contributed by atoms with Crippen molar-refractivity contribution in [2.75, 3.05) is 16.3 Å². The molecular weight excluding hydrogens is 264 g/mol. The molecule has 0 bridgehead atoms. The van der Waals surface area contributed by atoms with Gasteiger partial charge in [0.05, 0.1) is 11.9 Å². The van der Waals surface area contributed by atoms with Gasteiger partial charge in [0.1, 0.15) is 0 Å². The minimum atomic E-state index is -3.34. The number of nitrogens with one attached hydrogen (secondary N) is 2. The fraction of sp³-hybridized carbons (Fsp3) is 0.154. The molecule has 1 amide bonds. The van der Waals surface area contributed by atoms with Crippen LogP contribution in [0.2, 0.25) is 0 Å². The Morgan fingerprint density at radius 1 is 1.00 bits per heavy atom. The summed E-state index contributed by atoms with van der Waals surface area (Å²) >= 11 is 0. The van der Waals surface area contributed by atoms with E-state index in [-0.39, 0.29) is 5.91 Å². The van der Waals surface area contributed by atoms with E-state index >= 15 is 0 Å². The molecule has 5 nitrogen and oxygen atoms in total. The third-order valence-corrected chi connectivity index (χ3v) is 3.12. The van der Waals surface area contributed by atoms with Crippen LogP contribution in [0, 0.1) is 0 Å². The van der Waals surface area contributed by atoms with Gasteiger partial charge in [-0.15, -0.1) is 0 Å². The summed E-state index contributed by atoms with van der Waals surface area (Å²) in [5.74, 6) is -0.172. The molecule has 2 N–H and O–H groups in total. The van der Waals surface area contributed by atoms with E-state index in [1.54, 1.807) is 30.3 Å². The van der Waals surface area contributed by atoms with Crippen molar-refractivity contribution in [3.63, 3.8) is 0 Å². The van der Waals surface area contributed by atoms with Crippen molar-refractivity contribution in [3.8, 4) is 0 Å². The Balaban J connectivity index is 2.60. The first kappa shape index (κ1) is 13.4. The van der Waals surface area contributed by atoms with E-state index in [4.69, 9.17) is 0 Å². The van der Waals surface area contributed by atoms with Crippen LogP contribution < -0.4 is 10.0 Å². The maximum atomic E-state index is 11.3. The van der Waals surface area contributed by atoms with Crippen molar-refractivity contribution in [1.29, 1.82) is 0 Å². The minimum Gasteiger partial charge on any atom is -0.326 e. The topological polar surface area (TPSA) is 75.3 Å². The quantitative estimate of drug-likeness (QED) is 0.903. The molecule has 2 rings (SSSR count). The molecule has 6 heteroatoms. The predicted octanol–water partition coefficient (Wildman–Crippen LogP) is 2.17. The van der Waals surface area contributed by atoms with E-state index in [0.717, 1.165) is 17.0 Å². The molecule has 0 aliphatic rings. The van der Waals surface area contributed by atoms with Gasteiger partial charge in [-0.05, 0) is 12.1 Å². The first-order valence-electron chi connectivity index (χ1n) is 5.64. The molecule has 0 unspecified atom stereocenters. The van der Waals surface area contributed by atoms with Gasteiger partial charge in [-0.1, -0.05) is 24.3 Å². The van der Waals surface area contributed by atoms with Crippen molar-refractivity contribution in [2.24, 2.45) is 0 Å². The van der Waals surface area contributed by atoms with E-state index in [2.05, 4.69) is 10.0 Å². The molecule has 100 valence electrons. The fourth-order valence-corrected chi connectivity index (χ4v) is 2.47. The first-order valence-corrected chi connectivity index (χ1v) is 7.53. The Morgan fingerprint density at radius 2 is 1.53 bits per heavy atom. The van der Waals surface area contributed by atoms with E-state index in [1.165, 1.54) is 6.92 Å². The van der Waals surface area contributed by atoms with Crippen LogP contribution in [-0.2, 0) is 14.8 Å². The highest BCUT2D eigenvalue weighted by Crippen LogP contribution is 2.29. The van der Waals surface area contributed by atoms with Crippen molar-refractivity contribution in [3.05, 3.63) is 36.4 Å². The molecule has 0 aliphatic heterocycles. The van der Waals surface area contributed by atoms with Gasteiger partial charge in [-0.2, -0.15) is 0 Å². The average Bonchev–Trinajstić information content (AvgIpc) is 2.27. The molecule has 0 saturated heterocycles. The van der Waals surface area contributed by atoms with Gasteiger partial charge in [-0.3, -0.25) is 9.52 Å². The Kier molecular flexibility index (Phi) is 3.44. The number of benzene rings is 2. The monoisotopic (exact) mass is 278 g/mol. The molecule has 0 atom stereocenters. The summed E-state index contributed by atoms with van der Waals surface area (Å²) in [6.45, 7) is 1.43. The van der Waals surface area contributed by atoms with Crippen molar-refractivity contribution < 1.29 is 13.2 Å². The summed E-state index contributed by atoms with van der Waals surface area (Å²) in [5.41, 5.74) is 1.15. The summed E-state index contributed by atoms with van der Waals surface area (Å²) in [6.07, 6.45) is 1.10. The second kappa shape index (κ2) is 4.89. The van der Waals surface area contributed by atoms with Crippen LogP contribution >= 0.6 is 0 Å². The van der Waals surface area contributed by atoms with Gasteiger partial charge in [0.2, 0.25) is 15.9 Å². The Labute approximate surface area is 111 Å². The van der Waals surface area contributed by atoms with Crippen molar-refractivity contribution >= 4 is 38.1 Å². The van der Waals surface area contributed by atoms with Crippen LogP contribution in [0.1, 0.15) is 6.92 Å². The van der Waals surface area contributed by atoms with Crippen LogP contribution in [0.3, 0.4) is 0 Å². The maximum Gasteiger partial charge on any atom is 0.229 e. The number of carbonyl (C=O) groups excluding carboxylic acids is 1. The van der Waals surface area contributed by atoms with Crippen LogP contribution in [0.15, 0.2) is 36.4 Å². The van der Waals surface area contributed by atoms with Gasteiger partial charge < -0.3 is 5.32 Å². The summed E-state index contributed by atoms with van der Waals surface area (Å²) in [7, 11) is -3.34. The van der Waals surface area contributed by atoms with E-state index in [9.17, 15) is 13.2 Å². The van der Waals surface area contributed by atoms with Gasteiger partial charge in [0, 0.05) is 23.4 Å². The standard InChI is InChI=1S/C13H14N2O3S/c1-9(16)14-12-7-3-6-11-10(12)5-4-8-13(11)15-19(2,17)18/h3-8,15H,1-2H3,(H,14,16). The number of sulfonamides is 1.